The van der Waals surface area contributed by atoms with E-state index in [0.29, 0.717) is 22.9 Å². The van der Waals surface area contributed by atoms with Crippen molar-refractivity contribution in [3.8, 4) is 0 Å². The lowest BCUT2D eigenvalue weighted by Gasteiger charge is -2.08. The summed E-state index contributed by atoms with van der Waals surface area (Å²) in [5.41, 5.74) is 2.42. The van der Waals surface area contributed by atoms with Crippen molar-refractivity contribution in [2.45, 2.75) is 6.42 Å². The van der Waals surface area contributed by atoms with Crippen LogP contribution >= 0.6 is 11.6 Å². The van der Waals surface area contributed by atoms with Gasteiger partial charge in [0.2, 0.25) is 5.95 Å². The summed E-state index contributed by atoms with van der Waals surface area (Å²) in [6, 6.07) is 4.91. The van der Waals surface area contributed by atoms with Gasteiger partial charge in [0.1, 0.15) is 5.82 Å². The molecule has 4 aromatic rings. The van der Waals surface area contributed by atoms with E-state index in [1.807, 2.05) is 7.05 Å². The van der Waals surface area contributed by atoms with E-state index in [2.05, 4.69) is 30.6 Å². The Morgan fingerprint density at radius 2 is 2.16 bits per heavy atom. The van der Waals surface area contributed by atoms with Gasteiger partial charge in [-0.1, -0.05) is 23.7 Å². The Morgan fingerprint density at radius 3 is 2.96 bits per heavy atom. The zero-order valence-corrected chi connectivity index (χ0v) is 13.9. The highest BCUT2D eigenvalue weighted by molar-refractivity contribution is 6.30. The summed E-state index contributed by atoms with van der Waals surface area (Å²) in [7, 11) is 1.82. The molecule has 0 amide bonds. The molecule has 0 unspecified atom stereocenters. The van der Waals surface area contributed by atoms with Gasteiger partial charge in [-0.25, -0.2) is 9.37 Å². The van der Waals surface area contributed by atoms with Crippen LogP contribution in [0, 0.1) is 5.82 Å². The third-order valence-corrected chi connectivity index (χ3v) is 4.03. The SMILES string of the molecule is Cn1cc(Nc2nc(Cc3cccc(Cl)c3F)c3cn[nH]c3n2)cn1. The van der Waals surface area contributed by atoms with Gasteiger partial charge in [-0.05, 0) is 11.6 Å². The third kappa shape index (κ3) is 3.03. The van der Waals surface area contributed by atoms with Gasteiger partial charge in [0.15, 0.2) is 5.65 Å². The second-order valence-electron chi connectivity index (χ2n) is 5.54. The molecule has 1 aromatic carbocycles. The number of fused-ring (bicyclic) bond motifs is 1. The van der Waals surface area contributed by atoms with Gasteiger partial charge in [0, 0.05) is 19.7 Å². The third-order valence-electron chi connectivity index (χ3n) is 3.74. The Labute approximate surface area is 146 Å². The number of aromatic nitrogens is 6. The molecule has 126 valence electrons. The summed E-state index contributed by atoms with van der Waals surface area (Å²) in [5.74, 6) is -0.0663. The van der Waals surface area contributed by atoms with Crippen molar-refractivity contribution < 1.29 is 4.39 Å². The number of nitrogens with zero attached hydrogens (tertiary/aromatic N) is 5. The number of halogens is 2. The highest BCUT2D eigenvalue weighted by Crippen LogP contribution is 2.24. The number of rotatable bonds is 4. The van der Waals surface area contributed by atoms with E-state index in [0.717, 1.165) is 11.1 Å². The number of anilines is 2. The van der Waals surface area contributed by atoms with Crippen molar-refractivity contribution in [3.05, 3.63) is 58.9 Å². The molecule has 9 heteroatoms. The second-order valence-corrected chi connectivity index (χ2v) is 5.95. The zero-order chi connectivity index (χ0) is 17.4. The Bertz CT molecular complexity index is 1060. The summed E-state index contributed by atoms with van der Waals surface area (Å²) in [6.45, 7) is 0. The van der Waals surface area contributed by atoms with E-state index in [4.69, 9.17) is 11.6 Å². The number of hydrogen-bond donors (Lipinski definition) is 2. The van der Waals surface area contributed by atoms with Crippen LogP contribution in [0.1, 0.15) is 11.3 Å². The number of nitrogens with one attached hydrogen (secondary N) is 2. The molecule has 3 heterocycles. The summed E-state index contributed by atoms with van der Waals surface area (Å²) in [4.78, 5) is 8.90. The van der Waals surface area contributed by atoms with Gasteiger partial charge in [0.05, 0.1) is 34.2 Å². The molecule has 0 aliphatic carbocycles. The molecule has 0 spiro atoms. The number of aryl methyl sites for hydroxylation is 1. The minimum Gasteiger partial charge on any atom is -0.321 e. The van der Waals surface area contributed by atoms with Crippen LogP contribution in [-0.4, -0.2) is 29.9 Å². The maximum Gasteiger partial charge on any atom is 0.229 e. The number of H-pyrrole nitrogens is 1. The summed E-state index contributed by atoms with van der Waals surface area (Å²) < 4.78 is 15.9. The first-order chi connectivity index (χ1) is 12.1. The van der Waals surface area contributed by atoms with E-state index in [-0.39, 0.29) is 11.4 Å². The lowest BCUT2D eigenvalue weighted by Crippen LogP contribution is -2.03. The zero-order valence-electron chi connectivity index (χ0n) is 13.2. The standard InChI is InChI=1S/C16H13ClFN7/c1-25-8-10(6-20-25)21-16-22-13(11-7-19-24-15(11)23-16)5-9-3-2-4-12(17)14(9)18/h2-4,6-8H,5H2,1H3,(H2,19,21,22,23,24). The van der Waals surface area contributed by atoms with E-state index in [1.54, 1.807) is 35.4 Å². The van der Waals surface area contributed by atoms with Crippen molar-refractivity contribution in [1.29, 1.82) is 0 Å². The topological polar surface area (TPSA) is 84.3 Å². The van der Waals surface area contributed by atoms with Crippen molar-refractivity contribution in [3.63, 3.8) is 0 Å². The average Bonchev–Trinajstić information content (AvgIpc) is 3.21. The van der Waals surface area contributed by atoms with Crippen LogP contribution in [0.25, 0.3) is 11.0 Å². The van der Waals surface area contributed by atoms with Gasteiger partial charge >= 0.3 is 0 Å². The fourth-order valence-corrected chi connectivity index (χ4v) is 2.76. The van der Waals surface area contributed by atoms with Crippen LogP contribution in [-0.2, 0) is 13.5 Å². The predicted molar refractivity (Wildman–Crippen MR) is 92.4 cm³/mol. The highest BCUT2D eigenvalue weighted by Gasteiger charge is 2.14. The van der Waals surface area contributed by atoms with Gasteiger partial charge in [-0.15, -0.1) is 0 Å². The summed E-state index contributed by atoms with van der Waals surface area (Å²) >= 11 is 5.87. The predicted octanol–water partition coefficient (Wildman–Crippen LogP) is 3.21. The molecule has 2 N–H and O–H groups in total. The normalized spacial score (nSPS) is 11.2. The molecule has 0 atom stereocenters. The first kappa shape index (κ1) is 15.5. The molecule has 0 bridgehead atoms. The minimum absolute atomic E-state index is 0.0868. The summed E-state index contributed by atoms with van der Waals surface area (Å²) in [6.07, 6.45) is 5.36. The smallest absolute Gasteiger partial charge is 0.229 e. The molecule has 3 aromatic heterocycles. The molecule has 0 saturated carbocycles. The lowest BCUT2D eigenvalue weighted by molar-refractivity contribution is 0.614. The molecular weight excluding hydrogens is 345 g/mol. The van der Waals surface area contributed by atoms with Crippen LogP contribution < -0.4 is 5.32 Å². The number of benzene rings is 1. The lowest BCUT2D eigenvalue weighted by atomic mass is 10.1. The molecule has 0 aliphatic heterocycles. The Morgan fingerprint density at radius 1 is 1.28 bits per heavy atom. The maximum atomic E-state index is 14.2. The first-order valence-corrected chi connectivity index (χ1v) is 7.86. The Hall–Kier alpha value is -3.00. The van der Waals surface area contributed by atoms with Gasteiger partial charge in [-0.3, -0.25) is 9.78 Å². The molecule has 0 fully saturated rings. The highest BCUT2D eigenvalue weighted by atomic mass is 35.5. The number of hydrogen-bond acceptors (Lipinski definition) is 5. The van der Waals surface area contributed by atoms with Gasteiger partial charge in [-0.2, -0.15) is 15.2 Å². The quantitative estimate of drug-likeness (QED) is 0.586. The van der Waals surface area contributed by atoms with E-state index in [1.165, 1.54) is 6.07 Å². The molecule has 7 nitrogen and oxygen atoms in total. The van der Waals surface area contributed by atoms with Crippen molar-refractivity contribution >= 4 is 34.3 Å². The Balaban J connectivity index is 1.74. The van der Waals surface area contributed by atoms with Crippen LogP contribution in [0.2, 0.25) is 5.02 Å². The molecule has 0 aliphatic rings. The molecule has 0 saturated heterocycles. The molecule has 0 radical (unpaired) electrons. The van der Waals surface area contributed by atoms with Crippen LogP contribution in [0.5, 0.6) is 0 Å². The maximum absolute atomic E-state index is 14.2. The van der Waals surface area contributed by atoms with E-state index in [9.17, 15) is 4.39 Å². The van der Waals surface area contributed by atoms with Gasteiger partial charge < -0.3 is 5.32 Å². The largest absolute Gasteiger partial charge is 0.321 e. The van der Waals surface area contributed by atoms with E-state index >= 15 is 0 Å². The van der Waals surface area contributed by atoms with Crippen molar-refractivity contribution in [1.82, 2.24) is 29.9 Å². The van der Waals surface area contributed by atoms with E-state index < -0.39 is 5.82 Å². The molecule has 4 rings (SSSR count). The van der Waals surface area contributed by atoms with Gasteiger partial charge in [0.25, 0.3) is 0 Å². The monoisotopic (exact) mass is 357 g/mol. The Kier molecular flexibility index (Phi) is 3.81. The fraction of sp³-hybridized carbons (Fsp3) is 0.125. The number of aromatic amines is 1. The summed E-state index contributed by atoms with van der Waals surface area (Å²) in [5, 5.41) is 14.8. The first-order valence-electron chi connectivity index (χ1n) is 7.48. The van der Waals surface area contributed by atoms with Crippen LogP contribution in [0.3, 0.4) is 0 Å². The molecule has 25 heavy (non-hydrogen) atoms. The van der Waals surface area contributed by atoms with Crippen molar-refractivity contribution in [2.75, 3.05) is 5.32 Å². The van der Waals surface area contributed by atoms with Crippen LogP contribution in [0.4, 0.5) is 16.0 Å². The van der Waals surface area contributed by atoms with Crippen molar-refractivity contribution in [2.24, 2.45) is 7.05 Å². The minimum atomic E-state index is -0.443. The van der Waals surface area contributed by atoms with Crippen LogP contribution in [0.15, 0.2) is 36.8 Å². The second kappa shape index (κ2) is 6.14. The fourth-order valence-electron chi connectivity index (χ4n) is 2.57. The average molecular weight is 358 g/mol. The molecular formula is C16H13ClFN7.